The molecule has 0 radical (unpaired) electrons. The lowest BCUT2D eigenvalue weighted by Gasteiger charge is -2.08. The molecule has 0 saturated carbocycles. The molecular formula is C16H15Cl2NO3S. The molecule has 4 nitrogen and oxygen atoms in total. The molecule has 0 aliphatic heterocycles. The van der Waals surface area contributed by atoms with E-state index in [-0.39, 0.29) is 11.5 Å². The summed E-state index contributed by atoms with van der Waals surface area (Å²) in [6.07, 6.45) is 0. The van der Waals surface area contributed by atoms with Crippen LogP contribution in [0.1, 0.15) is 11.1 Å². The van der Waals surface area contributed by atoms with Gasteiger partial charge >= 0.3 is 0 Å². The molecule has 2 aromatic rings. The first-order valence-electron chi connectivity index (χ1n) is 6.70. The highest BCUT2D eigenvalue weighted by Gasteiger charge is 2.18. The molecule has 0 aliphatic carbocycles. The standard InChI is InChI=1S/C16H15Cl2NO3S/c1-22-19-16(13-4-8-15(18)9-5-13)11-23(20,21)10-12-2-6-14(17)7-3-12/h2-9H,10-11H2,1H3/b19-16-. The van der Waals surface area contributed by atoms with Crippen LogP contribution in [0.4, 0.5) is 0 Å². The van der Waals surface area contributed by atoms with Gasteiger partial charge in [-0.15, -0.1) is 0 Å². The van der Waals surface area contributed by atoms with Gasteiger partial charge in [-0.1, -0.05) is 52.6 Å². The molecule has 0 aromatic heterocycles. The first-order chi connectivity index (χ1) is 10.9. The third-order valence-electron chi connectivity index (χ3n) is 3.04. The van der Waals surface area contributed by atoms with Gasteiger partial charge in [-0.25, -0.2) is 8.42 Å². The van der Waals surface area contributed by atoms with Crippen molar-refractivity contribution in [3.63, 3.8) is 0 Å². The molecular weight excluding hydrogens is 357 g/mol. The van der Waals surface area contributed by atoms with Crippen LogP contribution in [-0.2, 0) is 20.4 Å². The van der Waals surface area contributed by atoms with Crippen LogP contribution < -0.4 is 0 Å². The summed E-state index contributed by atoms with van der Waals surface area (Å²) in [6, 6.07) is 13.5. The Morgan fingerprint density at radius 3 is 2.04 bits per heavy atom. The van der Waals surface area contributed by atoms with Crippen molar-refractivity contribution in [2.75, 3.05) is 12.9 Å². The summed E-state index contributed by atoms with van der Waals surface area (Å²) in [5, 5.41) is 4.97. The van der Waals surface area contributed by atoms with E-state index < -0.39 is 9.84 Å². The molecule has 0 spiro atoms. The first kappa shape index (κ1) is 17.8. The van der Waals surface area contributed by atoms with E-state index >= 15 is 0 Å². The molecule has 0 N–H and O–H groups in total. The van der Waals surface area contributed by atoms with Crippen LogP contribution in [-0.4, -0.2) is 27.0 Å². The highest BCUT2D eigenvalue weighted by atomic mass is 35.5. The fourth-order valence-electron chi connectivity index (χ4n) is 2.01. The average molecular weight is 372 g/mol. The lowest BCUT2D eigenvalue weighted by molar-refractivity contribution is 0.213. The molecule has 122 valence electrons. The maximum Gasteiger partial charge on any atom is 0.160 e. The van der Waals surface area contributed by atoms with Crippen molar-refractivity contribution >= 4 is 38.8 Å². The van der Waals surface area contributed by atoms with Crippen LogP contribution >= 0.6 is 23.2 Å². The van der Waals surface area contributed by atoms with Crippen molar-refractivity contribution in [2.45, 2.75) is 5.75 Å². The Balaban J connectivity index is 2.20. The minimum Gasteiger partial charge on any atom is -0.399 e. The summed E-state index contributed by atoms with van der Waals surface area (Å²) in [5.74, 6) is -0.328. The van der Waals surface area contributed by atoms with E-state index in [1.54, 1.807) is 48.5 Å². The van der Waals surface area contributed by atoms with Crippen molar-refractivity contribution in [3.05, 3.63) is 69.7 Å². The van der Waals surface area contributed by atoms with E-state index in [1.807, 2.05) is 0 Å². The topological polar surface area (TPSA) is 55.7 Å². The summed E-state index contributed by atoms with van der Waals surface area (Å²) >= 11 is 11.7. The number of sulfone groups is 1. The zero-order valence-corrected chi connectivity index (χ0v) is 14.7. The SMILES string of the molecule is CO/N=C(/CS(=O)(=O)Cc1ccc(Cl)cc1)c1ccc(Cl)cc1. The van der Waals surface area contributed by atoms with Gasteiger partial charge < -0.3 is 4.84 Å². The average Bonchev–Trinajstić information content (AvgIpc) is 2.49. The molecule has 7 heteroatoms. The van der Waals surface area contributed by atoms with Gasteiger partial charge in [0.05, 0.1) is 11.5 Å². The summed E-state index contributed by atoms with van der Waals surface area (Å²) < 4.78 is 24.8. The second-order valence-electron chi connectivity index (χ2n) is 4.89. The Labute approximate surface area is 145 Å². The molecule has 0 heterocycles. The van der Waals surface area contributed by atoms with E-state index in [9.17, 15) is 8.42 Å². The first-order valence-corrected chi connectivity index (χ1v) is 9.28. The predicted molar refractivity (Wildman–Crippen MR) is 93.9 cm³/mol. The Hall–Kier alpha value is -1.56. The molecule has 0 atom stereocenters. The largest absolute Gasteiger partial charge is 0.399 e. The molecule has 0 aliphatic rings. The normalized spacial score (nSPS) is 12.2. The monoisotopic (exact) mass is 371 g/mol. The van der Waals surface area contributed by atoms with E-state index in [0.29, 0.717) is 26.9 Å². The van der Waals surface area contributed by atoms with Gasteiger partial charge in [-0.3, -0.25) is 0 Å². The fraction of sp³-hybridized carbons (Fsp3) is 0.188. The molecule has 0 amide bonds. The van der Waals surface area contributed by atoms with Crippen LogP contribution in [0.15, 0.2) is 53.7 Å². The molecule has 2 rings (SSSR count). The molecule has 0 bridgehead atoms. The Morgan fingerprint density at radius 1 is 1.00 bits per heavy atom. The van der Waals surface area contributed by atoms with Crippen LogP contribution in [0.2, 0.25) is 10.0 Å². The number of hydrogen-bond acceptors (Lipinski definition) is 4. The number of nitrogens with zero attached hydrogens (tertiary/aromatic N) is 1. The van der Waals surface area contributed by atoms with Gasteiger partial charge in [0.2, 0.25) is 0 Å². The summed E-state index contributed by atoms with van der Waals surface area (Å²) in [7, 11) is -2.04. The van der Waals surface area contributed by atoms with Crippen LogP contribution in [0.5, 0.6) is 0 Å². The van der Waals surface area contributed by atoms with Gasteiger partial charge in [0.25, 0.3) is 0 Å². The molecule has 23 heavy (non-hydrogen) atoms. The lowest BCUT2D eigenvalue weighted by Crippen LogP contribution is -2.19. The van der Waals surface area contributed by atoms with Crippen molar-refractivity contribution in [2.24, 2.45) is 5.16 Å². The lowest BCUT2D eigenvalue weighted by atomic mass is 10.1. The van der Waals surface area contributed by atoms with Crippen molar-refractivity contribution in [3.8, 4) is 0 Å². The maximum absolute atomic E-state index is 12.4. The Bertz CT molecular complexity index is 785. The number of benzene rings is 2. The smallest absolute Gasteiger partial charge is 0.160 e. The van der Waals surface area contributed by atoms with E-state index in [1.165, 1.54) is 7.11 Å². The molecule has 0 unspecified atom stereocenters. The van der Waals surface area contributed by atoms with Crippen LogP contribution in [0.25, 0.3) is 0 Å². The molecule has 0 fully saturated rings. The second kappa shape index (κ2) is 7.81. The van der Waals surface area contributed by atoms with Gasteiger partial charge in [-0.05, 0) is 29.8 Å². The minimum atomic E-state index is -3.41. The van der Waals surface area contributed by atoms with Crippen molar-refractivity contribution in [1.29, 1.82) is 0 Å². The fourth-order valence-corrected chi connectivity index (χ4v) is 3.70. The van der Waals surface area contributed by atoms with Gasteiger partial charge in [0.1, 0.15) is 12.8 Å². The third-order valence-corrected chi connectivity index (χ3v) is 5.03. The summed E-state index contributed by atoms with van der Waals surface area (Å²) in [5.41, 5.74) is 1.65. The van der Waals surface area contributed by atoms with Crippen molar-refractivity contribution < 1.29 is 13.3 Å². The summed E-state index contributed by atoms with van der Waals surface area (Å²) in [6.45, 7) is 0. The van der Waals surface area contributed by atoms with Gasteiger partial charge in [0, 0.05) is 15.6 Å². The Kier molecular flexibility index (Phi) is 6.04. The number of oxime groups is 1. The van der Waals surface area contributed by atoms with Gasteiger partial charge in [-0.2, -0.15) is 0 Å². The number of halogens is 2. The van der Waals surface area contributed by atoms with Crippen LogP contribution in [0.3, 0.4) is 0 Å². The number of hydrogen-bond donors (Lipinski definition) is 0. The van der Waals surface area contributed by atoms with Crippen molar-refractivity contribution in [1.82, 2.24) is 0 Å². The molecule has 2 aromatic carbocycles. The van der Waals surface area contributed by atoms with Crippen LogP contribution in [0, 0.1) is 0 Å². The third kappa shape index (κ3) is 5.53. The highest BCUT2D eigenvalue weighted by Crippen LogP contribution is 2.15. The highest BCUT2D eigenvalue weighted by molar-refractivity contribution is 7.91. The van der Waals surface area contributed by atoms with E-state index in [0.717, 1.165) is 0 Å². The predicted octanol–water partition coefficient (Wildman–Crippen LogP) is 3.96. The van der Waals surface area contributed by atoms with Gasteiger partial charge in [0.15, 0.2) is 9.84 Å². The maximum atomic E-state index is 12.4. The van der Waals surface area contributed by atoms with E-state index in [4.69, 9.17) is 28.0 Å². The zero-order chi connectivity index (χ0) is 16.9. The summed E-state index contributed by atoms with van der Waals surface area (Å²) in [4.78, 5) is 4.77. The number of rotatable bonds is 6. The minimum absolute atomic E-state index is 0.0967. The quantitative estimate of drug-likeness (QED) is 0.570. The Morgan fingerprint density at radius 2 is 1.52 bits per heavy atom. The molecule has 0 saturated heterocycles. The van der Waals surface area contributed by atoms with E-state index in [2.05, 4.69) is 5.16 Å². The zero-order valence-electron chi connectivity index (χ0n) is 12.4. The second-order valence-corrected chi connectivity index (χ2v) is 7.82.